The average Bonchev–Trinajstić information content (AvgIpc) is 3.75. The largest absolute Gasteiger partial charge is 0.490 e. The van der Waals surface area contributed by atoms with Crippen molar-refractivity contribution in [3.05, 3.63) is 54.5 Å². The van der Waals surface area contributed by atoms with Crippen LogP contribution in [0, 0.1) is 0 Å². The van der Waals surface area contributed by atoms with E-state index in [0.717, 1.165) is 37.4 Å². The van der Waals surface area contributed by atoms with E-state index in [-0.39, 0.29) is 5.91 Å². The zero-order valence-corrected chi connectivity index (χ0v) is 23.0. The molecular weight excluding hydrogens is 573 g/mol. The Morgan fingerprint density at radius 3 is 2.51 bits per heavy atom. The van der Waals surface area contributed by atoms with E-state index in [1.165, 1.54) is 0 Å². The summed E-state index contributed by atoms with van der Waals surface area (Å²) >= 11 is 0. The fourth-order valence-electron chi connectivity index (χ4n) is 4.35. The number of amides is 1. The molecule has 17 heteroatoms. The fourth-order valence-corrected chi connectivity index (χ4v) is 4.35. The van der Waals surface area contributed by atoms with E-state index in [1.807, 2.05) is 22.8 Å². The van der Waals surface area contributed by atoms with Gasteiger partial charge in [-0.1, -0.05) is 6.07 Å². The number of nitrogens with zero attached hydrogens (tertiary/aromatic N) is 7. The van der Waals surface area contributed by atoms with Gasteiger partial charge >= 0.3 is 12.1 Å². The smallest absolute Gasteiger partial charge is 0.475 e. The summed E-state index contributed by atoms with van der Waals surface area (Å²) in [6.45, 7) is 3.75. The lowest BCUT2D eigenvalue weighted by Crippen LogP contribution is -2.44. The van der Waals surface area contributed by atoms with Crippen molar-refractivity contribution in [1.82, 2.24) is 39.7 Å². The molecule has 1 amide bonds. The predicted molar refractivity (Wildman–Crippen MR) is 149 cm³/mol. The van der Waals surface area contributed by atoms with Crippen molar-refractivity contribution in [1.29, 1.82) is 0 Å². The number of carboxylic acids is 1. The molecule has 14 nitrogen and oxygen atoms in total. The summed E-state index contributed by atoms with van der Waals surface area (Å²) < 4.78 is 38.9. The van der Waals surface area contributed by atoms with Crippen molar-refractivity contribution >= 4 is 45.8 Å². The van der Waals surface area contributed by atoms with Gasteiger partial charge in [-0.25, -0.2) is 14.8 Å². The second-order valence-corrected chi connectivity index (χ2v) is 9.62. The molecule has 0 unspecified atom stereocenters. The van der Waals surface area contributed by atoms with Gasteiger partial charge in [0, 0.05) is 46.3 Å². The van der Waals surface area contributed by atoms with Crippen molar-refractivity contribution in [2.24, 2.45) is 0 Å². The van der Waals surface area contributed by atoms with Crippen LogP contribution in [0.5, 0.6) is 0 Å². The molecule has 1 aliphatic heterocycles. The predicted octanol–water partition coefficient (Wildman–Crippen LogP) is 2.64. The Hall–Kier alpha value is -5.19. The van der Waals surface area contributed by atoms with Gasteiger partial charge in [-0.15, -0.1) is 0 Å². The number of H-pyrrole nitrogens is 1. The lowest BCUT2D eigenvalue weighted by Gasteiger charge is -2.27. The number of hydrogen-bond acceptors (Lipinski definition) is 10. The van der Waals surface area contributed by atoms with E-state index in [9.17, 15) is 18.0 Å². The van der Waals surface area contributed by atoms with Crippen molar-refractivity contribution in [2.75, 3.05) is 50.5 Å². The van der Waals surface area contributed by atoms with Crippen LogP contribution in [0.3, 0.4) is 0 Å². The van der Waals surface area contributed by atoms with Crippen LogP contribution < -0.4 is 15.5 Å². The number of aliphatic carboxylic acids is 1. The van der Waals surface area contributed by atoms with Gasteiger partial charge in [-0.05, 0) is 12.1 Å². The molecular formula is C26H27F3N10O4. The molecule has 0 spiro atoms. The first-order valence-corrected chi connectivity index (χ1v) is 13.0. The Labute approximate surface area is 241 Å². The van der Waals surface area contributed by atoms with Gasteiger partial charge in [0.15, 0.2) is 17.0 Å². The highest BCUT2D eigenvalue weighted by atomic mass is 19.4. The monoisotopic (exact) mass is 600 g/mol. The third-order valence-corrected chi connectivity index (χ3v) is 6.43. The van der Waals surface area contributed by atoms with Crippen molar-refractivity contribution in [2.45, 2.75) is 12.7 Å². The highest BCUT2D eigenvalue weighted by molar-refractivity contribution is 6.04. The van der Waals surface area contributed by atoms with E-state index >= 15 is 0 Å². The van der Waals surface area contributed by atoms with E-state index < -0.39 is 12.1 Å². The molecule has 0 saturated carbocycles. The maximum absolute atomic E-state index is 12.6. The molecule has 1 aliphatic rings. The van der Waals surface area contributed by atoms with Crippen LogP contribution in [0.25, 0.3) is 27.9 Å². The number of furan rings is 1. The molecule has 0 radical (unpaired) electrons. The van der Waals surface area contributed by atoms with Crippen LogP contribution in [0.4, 0.5) is 24.9 Å². The number of para-hydroxylation sites is 1. The van der Waals surface area contributed by atoms with Crippen molar-refractivity contribution < 1.29 is 32.3 Å². The SMILES string of the molecule is CN(C)C(=O)c1cccc2[nH]c(CNc3nc(N4CCNCC4)nc4c3ncn4-c3ccoc3)nc12.O=C(O)C(F)(F)F. The molecule has 1 saturated heterocycles. The summed E-state index contributed by atoms with van der Waals surface area (Å²) in [7, 11) is 3.46. The lowest BCUT2D eigenvalue weighted by molar-refractivity contribution is -0.192. The minimum absolute atomic E-state index is 0.0884. The minimum atomic E-state index is -5.08. The Morgan fingerprint density at radius 1 is 1.12 bits per heavy atom. The van der Waals surface area contributed by atoms with Gasteiger partial charge < -0.3 is 34.9 Å². The molecule has 1 fully saturated rings. The second-order valence-electron chi connectivity index (χ2n) is 9.62. The number of aromatic nitrogens is 6. The van der Waals surface area contributed by atoms with Gasteiger partial charge in [0.05, 0.1) is 29.6 Å². The molecule has 0 bridgehead atoms. The number of anilines is 2. The number of imidazole rings is 2. The number of hydrogen-bond donors (Lipinski definition) is 4. The van der Waals surface area contributed by atoms with Crippen LogP contribution in [0.15, 0.2) is 47.5 Å². The number of rotatable bonds is 6. The zero-order chi connectivity index (χ0) is 30.7. The van der Waals surface area contributed by atoms with Gasteiger partial charge in [-0.2, -0.15) is 23.1 Å². The molecule has 43 heavy (non-hydrogen) atoms. The summed E-state index contributed by atoms with van der Waals surface area (Å²) in [6.07, 6.45) is -0.0886. The number of carbonyl (C=O) groups is 2. The number of alkyl halides is 3. The van der Waals surface area contributed by atoms with Gasteiger partial charge in [0.1, 0.15) is 23.9 Å². The van der Waals surface area contributed by atoms with Gasteiger partial charge in [0.2, 0.25) is 5.95 Å². The molecule has 226 valence electrons. The molecule has 4 N–H and O–H groups in total. The van der Waals surface area contributed by atoms with Crippen molar-refractivity contribution in [3.63, 3.8) is 0 Å². The first-order chi connectivity index (χ1) is 20.5. The molecule has 0 atom stereocenters. The normalized spacial score (nSPS) is 13.6. The van der Waals surface area contributed by atoms with Crippen LogP contribution in [0.1, 0.15) is 16.2 Å². The second kappa shape index (κ2) is 12.0. The zero-order valence-electron chi connectivity index (χ0n) is 23.0. The van der Waals surface area contributed by atoms with E-state index in [2.05, 4.69) is 25.5 Å². The third-order valence-electron chi connectivity index (χ3n) is 6.43. The summed E-state index contributed by atoms with van der Waals surface area (Å²) in [5, 5.41) is 13.9. The standard InChI is InChI=1S/C24H26N10O2.C2HF3O2/c1-32(2)23(35)16-4-3-5-17-19(16)29-18(28-17)12-26-21-20-22(34(14-27-20)15-6-11-36-13-15)31-24(30-21)33-9-7-25-8-10-33;3-2(4,5)1(6)7/h3-6,11,13-14,25H,7-10,12H2,1-2H3,(H,28,29)(H,26,30,31);(H,6,7). The molecule has 5 heterocycles. The summed E-state index contributed by atoms with van der Waals surface area (Å²) in [5.41, 5.74) is 4.18. The van der Waals surface area contributed by atoms with Crippen LogP contribution in [0.2, 0.25) is 0 Å². The van der Waals surface area contributed by atoms with E-state index in [4.69, 9.17) is 29.3 Å². The van der Waals surface area contributed by atoms with E-state index in [0.29, 0.717) is 46.4 Å². The number of halogens is 3. The van der Waals surface area contributed by atoms with Crippen LogP contribution >= 0.6 is 0 Å². The summed E-state index contributed by atoms with van der Waals surface area (Å²) in [4.78, 5) is 47.5. The Kier molecular flexibility index (Phi) is 8.16. The topological polar surface area (TPSA) is 170 Å². The Bertz CT molecular complexity index is 1740. The number of fused-ring (bicyclic) bond motifs is 2. The molecule has 4 aromatic heterocycles. The number of piperazine rings is 1. The Balaban J connectivity index is 0.000000472. The maximum Gasteiger partial charge on any atom is 0.490 e. The van der Waals surface area contributed by atoms with Crippen LogP contribution in [-0.2, 0) is 11.3 Å². The average molecular weight is 601 g/mol. The number of carbonyl (C=O) groups excluding carboxylic acids is 1. The highest BCUT2D eigenvalue weighted by Crippen LogP contribution is 2.26. The van der Waals surface area contributed by atoms with Gasteiger partial charge in [0.25, 0.3) is 5.91 Å². The summed E-state index contributed by atoms with van der Waals surface area (Å²) in [6, 6.07) is 7.42. The highest BCUT2D eigenvalue weighted by Gasteiger charge is 2.38. The molecule has 5 aromatic rings. The first kappa shape index (κ1) is 29.3. The maximum atomic E-state index is 12.6. The molecule has 6 rings (SSSR count). The van der Waals surface area contributed by atoms with Crippen LogP contribution in [-0.4, -0.2) is 97.8 Å². The summed E-state index contributed by atoms with van der Waals surface area (Å²) in [5.74, 6) is -0.906. The number of aromatic amines is 1. The molecule has 0 aliphatic carbocycles. The first-order valence-electron chi connectivity index (χ1n) is 13.0. The number of nitrogens with one attached hydrogen (secondary N) is 3. The van der Waals surface area contributed by atoms with Crippen molar-refractivity contribution in [3.8, 4) is 5.69 Å². The number of benzene rings is 1. The molecule has 1 aromatic carbocycles. The number of carboxylic acid groups (broad SMARTS) is 1. The minimum Gasteiger partial charge on any atom is -0.475 e. The lowest BCUT2D eigenvalue weighted by atomic mass is 10.1. The van der Waals surface area contributed by atoms with E-state index in [1.54, 1.807) is 43.9 Å². The Morgan fingerprint density at radius 2 is 1.86 bits per heavy atom. The quantitative estimate of drug-likeness (QED) is 0.226. The van der Waals surface area contributed by atoms with Gasteiger partial charge in [-0.3, -0.25) is 9.36 Å². The third kappa shape index (κ3) is 6.35. The fraction of sp³-hybridized carbons (Fsp3) is 0.308.